The molecule has 4 nitrogen and oxygen atoms in total. The Hall–Kier alpha value is -0.910. The van der Waals surface area contributed by atoms with Crippen LogP contribution in [0.15, 0.2) is 18.2 Å². The van der Waals surface area contributed by atoms with Crippen LogP contribution in [0.3, 0.4) is 0 Å². The molecule has 2 fully saturated rings. The van der Waals surface area contributed by atoms with Crippen LogP contribution in [0.5, 0.6) is 11.5 Å². The highest BCUT2D eigenvalue weighted by atomic mass is 32.2. The molecule has 0 saturated carbocycles. The first-order valence-corrected chi connectivity index (χ1v) is 9.69. The van der Waals surface area contributed by atoms with Crippen LogP contribution in [-0.2, 0) is 0 Å². The van der Waals surface area contributed by atoms with E-state index in [1.807, 2.05) is 17.8 Å². The Labute approximate surface area is 143 Å². The van der Waals surface area contributed by atoms with E-state index in [1.54, 1.807) is 7.11 Å². The molecule has 2 saturated heterocycles. The average molecular weight is 337 g/mol. The van der Waals surface area contributed by atoms with Gasteiger partial charge in [-0.15, -0.1) is 0 Å². The van der Waals surface area contributed by atoms with Gasteiger partial charge < -0.3 is 15.2 Å². The molecule has 0 radical (unpaired) electrons. The molecule has 2 aliphatic rings. The summed E-state index contributed by atoms with van der Waals surface area (Å²) < 4.78 is 11.8. The minimum Gasteiger partial charge on any atom is -0.493 e. The molecule has 0 aliphatic carbocycles. The minimum absolute atomic E-state index is 0.302. The summed E-state index contributed by atoms with van der Waals surface area (Å²) in [5.74, 6) is 4.64. The Bertz CT molecular complexity index is 520. The van der Waals surface area contributed by atoms with E-state index in [0.29, 0.717) is 18.1 Å². The van der Waals surface area contributed by atoms with E-state index >= 15 is 0 Å². The number of benzene rings is 1. The Morgan fingerprint density at radius 2 is 2.22 bits per heavy atom. The van der Waals surface area contributed by atoms with Crippen molar-refractivity contribution in [3.05, 3.63) is 23.8 Å². The highest BCUT2D eigenvalue weighted by Crippen LogP contribution is 2.38. The van der Waals surface area contributed by atoms with Crippen LogP contribution in [0.2, 0.25) is 0 Å². The molecule has 1 aromatic carbocycles. The lowest BCUT2D eigenvalue weighted by atomic mass is 9.99. The van der Waals surface area contributed by atoms with Gasteiger partial charge in [-0.05, 0) is 62.2 Å². The maximum absolute atomic E-state index is 6.28. The Morgan fingerprint density at radius 3 is 2.87 bits per heavy atom. The first-order valence-electron chi connectivity index (χ1n) is 8.54. The lowest BCUT2D eigenvalue weighted by Crippen LogP contribution is -2.24. The molecule has 0 aromatic heterocycles. The second-order valence-electron chi connectivity index (χ2n) is 6.66. The van der Waals surface area contributed by atoms with Crippen molar-refractivity contribution >= 4 is 11.8 Å². The van der Waals surface area contributed by atoms with Crippen molar-refractivity contribution < 1.29 is 9.47 Å². The molecule has 3 unspecified atom stereocenters. The fraction of sp³-hybridized carbons (Fsp3) is 0.667. The third-order valence-electron chi connectivity index (χ3n) is 4.95. The van der Waals surface area contributed by atoms with Gasteiger partial charge >= 0.3 is 0 Å². The van der Waals surface area contributed by atoms with Gasteiger partial charge in [0.2, 0.25) is 0 Å². The molecule has 3 rings (SSSR count). The Balaban J connectivity index is 1.78. The fourth-order valence-corrected chi connectivity index (χ4v) is 4.68. The van der Waals surface area contributed by atoms with Crippen molar-refractivity contribution in [3.8, 4) is 11.5 Å². The topological polar surface area (TPSA) is 47.7 Å². The van der Waals surface area contributed by atoms with Crippen molar-refractivity contribution in [2.24, 2.45) is 11.7 Å². The van der Waals surface area contributed by atoms with E-state index in [0.717, 1.165) is 43.2 Å². The molecule has 0 bridgehead atoms. The minimum atomic E-state index is 0.302. The second kappa shape index (κ2) is 7.77. The average Bonchev–Trinajstić information content (AvgIpc) is 2.97. The van der Waals surface area contributed by atoms with Crippen LogP contribution in [0.1, 0.15) is 30.9 Å². The van der Waals surface area contributed by atoms with Gasteiger partial charge in [-0.25, -0.2) is 0 Å². The number of methoxy groups -OCH3 is 1. The third-order valence-corrected chi connectivity index (χ3v) is 6.14. The van der Waals surface area contributed by atoms with Gasteiger partial charge in [0.1, 0.15) is 6.10 Å². The number of likely N-dealkylation sites (tertiary alicyclic amines) is 1. The normalized spacial score (nSPS) is 28.7. The molecule has 2 N–H and O–H groups in total. The highest BCUT2D eigenvalue weighted by Gasteiger charge is 2.30. The quantitative estimate of drug-likeness (QED) is 0.896. The summed E-state index contributed by atoms with van der Waals surface area (Å²) in [6, 6.07) is 6.82. The zero-order valence-corrected chi connectivity index (χ0v) is 15.0. The number of hydrogen-bond donors (Lipinski definition) is 1. The number of nitrogens with two attached hydrogens (primary N) is 1. The van der Waals surface area contributed by atoms with Gasteiger partial charge in [0.15, 0.2) is 11.5 Å². The summed E-state index contributed by atoms with van der Waals surface area (Å²) in [4.78, 5) is 2.40. The summed E-state index contributed by atoms with van der Waals surface area (Å²) in [7, 11) is 3.90. The number of ether oxygens (including phenoxy) is 2. The van der Waals surface area contributed by atoms with Gasteiger partial charge in [0, 0.05) is 18.3 Å². The molecule has 0 amide bonds. The largest absolute Gasteiger partial charge is 0.493 e. The molecule has 23 heavy (non-hydrogen) atoms. The second-order valence-corrected chi connectivity index (χ2v) is 7.81. The van der Waals surface area contributed by atoms with Crippen LogP contribution >= 0.6 is 11.8 Å². The summed E-state index contributed by atoms with van der Waals surface area (Å²) in [5, 5.41) is 0. The van der Waals surface area contributed by atoms with E-state index < -0.39 is 0 Å². The van der Waals surface area contributed by atoms with Gasteiger partial charge in [-0.3, -0.25) is 4.90 Å². The van der Waals surface area contributed by atoms with E-state index in [2.05, 4.69) is 24.1 Å². The van der Waals surface area contributed by atoms with Crippen LogP contribution in [0.25, 0.3) is 0 Å². The van der Waals surface area contributed by atoms with Gasteiger partial charge in [-0.1, -0.05) is 6.07 Å². The zero-order valence-electron chi connectivity index (χ0n) is 14.2. The van der Waals surface area contributed by atoms with Crippen molar-refractivity contribution in [1.82, 2.24) is 4.90 Å². The molecule has 2 aliphatic heterocycles. The SMILES string of the molecule is COc1ccc(C2CC(CN)CN2C)cc1OC1CCCSC1. The predicted molar refractivity (Wildman–Crippen MR) is 96.5 cm³/mol. The molecule has 5 heteroatoms. The maximum atomic E-state index is 6.28. The maximum Gasteiger partial charge on any atom is 0.161 e. The molecule has 0 spiro atoms. The summed E-state index contributed by atoms with van der Waals surface area (Å²) in [5.41, 5.74) is 7.17. The van der Waals surface area contributed by atoms with Gasteiger partial charge in [0.25, 0.3) is 0 Å². The molecule has 128 valence electrons. The molecule has 1 aromatic rings. The summed E-state index contributed by atoms with van der Waals surface area (Å²) >= 11 is 1.98. The van der Waals surface area contributed by atoms with E-state index in [4.69, 9.17) is 15.2 Å². The fourth-order valence-electron chi connectivity index (χ4n) is 3.64. The lowest BCUT2D eigenvalue weighted by molar-refractivity contribution is 0.201. The molecular weight excluding hydrogens is 308 g/mol. The summed E-state index contributed by atoms with van der Waals surface area (Å²) in [6.45, 7) is 1.84. The van der Waals surface area contributed by atoms with E-state index in [1.165, 1.54) is 17.7 Å². The first kappa shape index (κ1) is 16.9. The van der Waals surface area contributed by atoms with Crippen molar-refractivity contribution in [1.29, 1.82) is 0 Å². The number of thioether (sulfide) groups is 1. The Morgan fingerprint density at radius 1 is 1.35 bits per heavy atom. The lowest BCUT2D eigenvalue weighted by Gasteiger charge is -2.25. The van der Waals surface area contributed by atoms with Gasteiger partial charge in [-0.2, -0.15) is 11.8 Å². The van der Waals surface area contributed by atoms with Gasteiger partial charge in [0.05, 0.1) is 7.11 Å². The summed E-state index contributed by atoms with van der Waals surface area (Å²) in [6.07, 6.45) is 3.80. The van der Waals surface area contributed by atoms with Crippen molar-refractivity contribution in [2.45, 2.75) is 31.4 Å². The number of hydrogen-bond acceptors (Lipinski definition) is 5. The third kappa shape index (κ3) is 3.95. The van der Waals surface area contributed by atoms with Crippen molar-refractivity contribution in [3.63, 3.8) is 0 Å². The standard InChI is InChI=1S/C18H28N2O2S/c1-20-11-13(10-19)8-16(20)14-5-6-17(21-2)18(9-14)22-15-4-3-7-23-12-15/h5-6,9,13,15-16H,3-4,7-8,10-12,19H2,1-2H3. The molecular formula is C18H28N2O2S. The van der Waals surface area contributed by atoms with Crippen LogP contribution < -0.4 is 15.2 Å². The highest BCUT2D eigenvalue weighted by molar-refractivity contribution is 7.99. The van der Waals surface area contributed by atoms with Crippen LogP contribution in [-0.4, -0.2) is 49.8 Å². The Kier molecular flexibility index (Phi) is 5.72. The number of rotatable bonds is 5. The van der Waals surface area contributed by atoms with E-state index in [-0.39, 0.29) is 0 Å². The number of nitrogens with zero attached hydrogens (tertiary/aromatic N) is 1. The smallest absolute Gasteiger partial charge is 0.161 e. The molecule has 2 heterocycles. The molecule has 3 atom stereocenters. The van der Waals surface area contributed by atoms with Crippen LogP contribution in [0, 0.1) is 5.92 Å². The van der Waals surface area contributed by atoms with Crippen molar-refractivity contribution in [2.75, 3.05) is 38.8 Å². The zero-order chi connectivity index (χ0) is 16.2. The monoisotopic (exact) mass is 336 g/mol. The van der Waals surface area contributed by atoms with E-state index in [9.17, 15) is 0 Å². The van der Waals surface area contributed by atoms with Crippen LogP contribution in [0.4, 0.5) is 0 Å². The predicted octanol–water partition coefficient (Wildman–Crippen LogP) is 2.92. The first-order chi connectivity index (χ1) is 11.2.